The molecule has 0 amide bonds. The molecule has 0 saturated heterocycles. The van der Waals surface area contributed by atoms with Crippen LogP contribution in [0.5, 0.6) is 5.75 Å². The molecule has 0 spiro atoms. The standard InChI is InChI=1S/C9H7F5N2O3/c10-8(11,9(12,13)14)7(15)4-1-2-6(17)5(3-4)16(18)19/h1-3,7,17H,15H2/t7-/m0/s1. The van der Waals surface area contributed by atoms with E-state index in [9.17, 15) is 32.1 Å². The Labute approximate surface area is 102 Å². The normalized spacial score (nSPS) is 14.2. The largest absolute Gasteiger partial charge is 0.502 e. The average molecular weight is 286 g/mol. The number of phenolic OH excluding ortho intramolecular Hbond substituents is 1. The van der Waals surface area contributed by atoms with Crippen molar-refractivity contribution < 1.29 is 32.0 Å². The number of nitro groups is 1. The number of aromatic hydroxyl groups is 1. The number of alkyl halides is 5. The predicted octanol–water partition coefficient (Wildman–Crippen LogP) is 2.50. The van der Waals surface area contributed by atoms with Crippen LogP contribution in [-0.4, -0.2) is 22.1 Å². The number of hydrogen-bond donors (Lipinski definition) is 2. The number of hydrogen-bond acceptors (Lipinski definition) is 4. The number of halogens is 5. The predicted molar refractivity (Wildman–Crippen MR) is 52.7 cm³/mol. The number of nitro benzene ring substituents is 1. The Kier molecular flexibility index (Phi) is 3.66. The number of phenols is 1. The van der Waals surface area contributed by atoms with Crippen molar-refractivity contribution in [3.8, 4) is 5.75 Å². The first kappa shape index (κ1) is 15.1. The summed E-state index contributed by atoms with van der Waals surface area (Å²) in [4.78, 5) is 9.31. The summed E-state index contributed by atoms with van der Waals surface area (Å²) in [5.74, 6) is -6.12. The van der Waals surface area contributed by atoms with Crippen molar-refractivity contribution >= 4 is 5.69 Å². The molecule has 0 unspecified atom stereocenters. The highest BCUT2D eigenvalue weighted by molar-refractivity contribution is 5.48. The Morgan fingerprint density at radius 3 is 2.21 bits per heavy atom. The van der Waals surface area contributed by atoms with E-state index in [1.807, 2.05) is 0 Å². The summed E-state index contributed by atoms with van der Waals surface area (Å²) < 4.78 is 62.2. The van der Waals surface area contributed by atoms with Crippen LogP contribution >= 0.6 is 0 Å². The van der Waals surface area contributed by atoms with Gasteiger partial charge in [-0.15, -0.1) is 0 Å². The van der Waals surface area contributed by atoms with E-state index in [0.717, 1.165) is 0 Å². The van der Waals surface area contributed by atoms with Gasteiger partial charge in [-0.1, -0.05) is 6.07 Å². The fraction of sp³-hybridized carbons (Fsp3) is 0.333. The van der Waals surface area contributed by atoms with Gasteiger partial charge in [-0.2, -0.15) is 22.0 Å². The van der Waals surface area contributed by atoms with E-state index in [1.54, 1.807) is 0 Å². The molecule has 5 nitrogen and oxygen atoms in total. The van der Waals surface area contributed by atoms with Crippen molar-refractivity contribution in [2.45, 2.75) is 18.1 Å². The van der Waals surface area contributed by atoms with Gasteiger partial charge in [0, 0.05) is 6.07 Å². The zero-order chi connectivity index (χ0) is 15.0. The number of nitrogens with zero attached hydrogens (tertiary/aromatic N) is 1. The smallest absolute Gasteiger partial charge is 0.455 e. The molecule has 1 rings (SSSR count). The molecule has 1 aromatic carbocycles. The van der Waals surface area contributed by atoms with Crippen LogP contribution in [0.3, 0.4) is 0 Å². The Hall–Kier alpha value is -1.97. The van der Waals surface area contributed by atoms with Gasteiger partial charge in [0.2, 0.25) is 0 Å². The Morgan fingerprint density at radius 2 is 1.79 bits per heavy atom. The molecule has 0 radical (unpaired) electrons. The molecule has 0 heterocycles. The van der Waals surface area contributed by atoms with Crippen molar-refractivity contribution in [2.75, 3.05) is 0 Å². The first-order valence-electron chi connectivity index (χ1n) is 4.66. The van der Waals surface area contributed by atoms with E-state index >= 15 is 0 Å². The monoisotopic (exact) mass is 286 g/mol. The molecule has 1 atom stereocenters. The SMILES string of the molecule is N[C@@H](c1ccc(O)c([N+](=O)[O-])c1)C(F)(F)C(F)(F)F. The van der Waals surface area contributed by atoms with Gasteiger partial charge in [0.15, 0.2) is 5.75 Å². The third-order valence-corrected chi connectivity index (χ3v) is 2.32. The molecule has 0 aliphatic rings. The number of rotatable bonds is 3. The summed E-state index contributed by atoms with van der Waals surface area (Å²) in [6, 6.07) is -1.15. The lowest BCUT2D eigenvalue weighted by atomic mass is 10.00. The molecule has 0 aromatic heterocycles. The maximum Gasteiger partial charge on any atom is 0.455 e. The molecule has 106 valence electrons. The van der Waals surface area contributed by atoms with Crippen molar-refractivity contribution in [3.05, 3.63) is 33.9 Å². The zero-order valence-electron chi connectivity index (χ0n) is 8.99. The minimum Gasteiger partial charge on any atom is -0.502 e. The molecule has 1 aromatic rings. The lowest BCUT2D eigenvalue weighted by molar-refractivity contribution is -0.386. The Balaban J connectivity index is 3.25. The van der Waals surface area contributed by atoms with E-state index < -0.39 is 40.1 Å². The lowest BCUT2D eigenvalue weighted by Crippen LogP contribution is -2.45. The van der Waals surface area contributed by atoms with Crippen molar-refractivity contribution in [2.24, 2.45) is 5.73 Å². The Bertz CT molecular complexity index is 503. The van der Waals surface area contributed by atoms with E-state index in [4.69, 9.17) is 10.8 Å². The molecule has 0 saturated carbocycles. The minimum absolute atomic E-state index is 0.375. The number of benzene rings is 1. The summed E-state index contributed by atoms with van der Waals surface area (Å²) in [7, 11) is 0. The summed E-state index contributed by atoms with van der Waals surface area (Å²) in [6.07, 6.45) is -5.89. The summed E-state index contributed by atoms with van der Waals surface area (Å²) in [5, 5.41) is 19.5. The third kappa shape index (κ3) is 2.72. The maximum atomic E-state index is 13.0. The van der Waals surface area contributed by atoms with Crippen LogP contribution in [-0.2, 0) is 0 Å². The first-order chi connectivity index (χ1) is 8.48. The van der Waals surface area contributed by atoms with Gasteiger partial charge in [0.25, 0.3) is 0 Å². The van der Waals surface area contributed by atoms with Crippen LogP contribution < -0.4 is 5.73 Å². The van der Waals surface area contributed by atoms with Crippen molar-refractivity contribution in [1.82, 2.24) is 0 Å². The maximum absolute atomic E-state index is 13.0. The Morgan fingerprint density at radius 1 is 1.26 bits per heavy atom. The molecule has 19 heavy (non-hydrogen) atoms. The second kappa shape index (κ2) is 4.61. The summed E-state index contributed by atoms with van der Waals surface area (Å²) in [5.41, 5.74) is 2.98. The number of nitrogens with two attached hydrogens (primary N) is 1. The molecular formula is C9H7F5N2O3. The van der Waals surface area contributed by atoms with E-state index in [0.29, 0.717) is 18.2 Å². The van der Waals surface area contributed by atoms with E-state index in [2.05, 4.69) is 0 Å². The van der Waals surface area contributed by atoms with Gasteiger partial charge in [0.05, 0.1) is 4.92 Å². The molecule has 0 bridgehead atoms. The minimum atomic E-state index is -5.89. The van der Waals surface area contributed by atoms with Gasteiger partial charge in [-0.25, -0.2) is 0 Å². The van der Waals surface area contributed by atoms with Gasteiger partial charge in [-0.05, 0) is 11.6 Å². The van der Waals surface area contributed by atoms with Crippen LogP contribution in [0.25, 0.3) is 0 Å². The van der Waals surface area contributed by atoms with Gasteiger partial charge >= 0.3 is 17.8 Å². The zero-order valence-corrected chi connectivity index (χ0v) is 8.99. The van der Waals surface area contributed by atoms with Crippen LogP contribution in [0.4, 0.5) is 27.6 Å². The van der Waals surface area contributed by atoms with Crippen molar-refractivity contribution in [1.29, 1.82) is 0 Å². The molecule has 0 aliphatic carbocycles. The highest BCUT2D eigenvalue weighted by atomic mass is 19.4. The fourth-order valence-electron chi connectivity index (χ4n) is 1.27. The van der Waals surface area contributed by atoms with Gasteiger partial charge < -0.3 is 10.8 Å². The van der Waals surface area contributed by atoms with Gasteiger partial charge in [-0.3, -0.25) is 10.1 Å². The third-order valence-electron chi connectivity index (χ3n) is 2.32. The van der Waals surface area contributed by atoms with Gasteiger partial charge in [0.1, 0.15) is 6.04 Å². The molecule has 10 heteroatoms. The highest BCUT2D eigenvalue weighted by Crippen LogP contribution is 2.44. The van der Waals surface area contributed by atoms with Crippen LogP contribution in [0.2, 0.25) is 0 Å². The van der Waals surface area contributed by atoms with Crippen LogP contribution in [0.1, 0.15) is 11.6 Å². The lowest BCUT2D eigenvalue weighted by Gasteiger charge is -2.25. The second-order valence-corrected chi connectivity index (χ2v) is 3.60. The molecule has 0 fully saturated rings. The molecule has 3 N–H and O–H groups in total. The van der Waals surface area contributed by atoms with E-state index in [-0.39, 0.29) is 0 Å². The van der Waals surface area contributed by atoms with Crippen LogP contribution in [0.15, 0.2) is 18.2 Å². The van der Waals surface area contributed by atoms with Crippen LogP contribution in [0, 0.1) is 10.1 Å². The van der Waals surface area contributed by atoms with E-state index in [1.165, 1.54) is 0 Å². The molecular weight excluding hydrogens is 279 g/mol. The van der Waals surface area contributed by atoms with Crippen molar-refractivity contribution in [3.63, 3.8) is 0 Å². The first-order valence-corrected chi connectivity index (χ1v) is 4.66. The average Bonchev–Trinajstić information content (AvgIpc) is 2.26. The quantitative estimate of drug-likeness (QED) is 0.507. The summed E-state index contributed by atoms with van der Waals surface area (Å²) >= 11 is 0. The molecule has 0 aliphatic heterocycles. The highest BCUT2D eigenvalue weighted by Gasteiger charge is 2.61. The summed E-state index contributed by atoms with van der Waals surface area (Å²) in [6.45, 7) is 0. The topological polar surface area (TPSA) is 89.4 Å². The second-order valence-electron chi connectivity index (χ2n) is 3.60. The fourth-order valence-corrected chi connectivity index (χ4v) is 1.27.